The van der Waals surface area contributed by atoms with Crippen LogP contribution in [0.15, 0.2) is 58.2 Å². The number of hydrogen-bond acceptors (Lipinski definition) is 5. The van der Waals surface area contributed by atoms with Crippen LogP contribution < -0.4 is 0 Å². The first-order valence-corrected chi connectivity index (χ1v) is 8.92. The average Bonchev–Trinajstić information content (AvgIpc) is 3.08. The second kappa shape index (κ2) is 8.07. The molecule has 0 aliphatic heterocycles. The van der Waals surface area contributed by atoms with Gasteiger partial charge in [0.05, 0.1) is 0 Å². The minimum atomic E-state index is -0.340. The van der Waals surface area contributed by atoms with Crippen molar-refractivity contribution < 1.29 is 13.6 Å². The molecule has 0 saturated carbocycles. The summed E-state index contributed by atoms with van der Waals surface area (Å²) in [6, 6.07) is 13.5. The number of Topliss-reactive ketones (excluding diaryl/α,β-unsaturated/α-hetero) is 1. The molecule has 0 unspecified atom stereocenters. The number of nitrogens with zero attached hydrogens (tertiary/aromatic N) is 2. The van der Waals surface area contributed by atoms with E-state index in [-0.39, 0.29) is 11.6 Å². The molecule has 0 bridgehead atoms. The highest BCUT2D eigenvalue weighted by Crippen LogP contribution is 2.24. The van der Waals surface area contributed by atoms with Crippen LogP contribution in [-0.2, 0) is 0 Å². The maximum atomic E-state index is 12.9. The first-order chi connectivity index (χ1) is 12.1. The molecule has 0 amide bonds. The summed E-state index contributed by atoms with van der Waals surface area (Å²) in [5, 5.41) is 8.58. The van der Waals surface area contributed by atoms with Crippen molar-refractivity contribution in [2.24, 2.45) is 0 Å². The lowest BCUT2D eigenvalue weighted by Gasteiger charge is -2.00. The van der Waals surface area contributed by atoms with Gasteiger partial charge in [0.1, 0.15) is 5.82 Å². The van der Waals surface area contributed by atoms with Crippen LogP contribution in [-0.4, -0.2) is 21.7 Å². The summed E-state index contributed by atoms with van der Waals surface area (Å²) < 4.78 is 18.5. The van der Waals surface area contributed by atoms with Gasteiger partial charge in [-0.3, -0.25) is 4.79 Å². The third-order valence-electron chi connectivity index (χ3n) is 3.61. The standard InChI is InChI=1S/C19H17FN2O2S/c1-13-4-2-5-15(12-13)18-21-22-19(24-18)25-11-3-6-17(23)14-7-9-16(20)10-8-14/h2,4-5,7-10,12H,3,6,11H2,1H3. The van der Waals surface area contributed by atoms with E-state index in [0.717, 1.165) is 11.1 Å². The minimum absolute atomic E-state index is 0.00609. The van der Waals surface area contributed by atoms with E-state index < -0.39 is 0 Å². The molecule has 128 valence electrons. The molecule has 1 aromatic heterocycles. The van der Waals surface area contributed by atoms with Crippen molar-refractivity contribution in [2.75, 3.05) is 5.75 Å². The topological polar surface area (TPSA) is 56.0 Å². The quantitative estimate of drug-likeness (QED) is 0.341. The summed E-state index contributed by atoms with van der Waals surface area (Å²) in [5.74, 6) is 0.857. The van der Waals surface area contributed by atoms with Crippen molar-refractivity contribution in [3.63, 3.8) is 0 Å². The zero-order valence-corrected chi connectivity index (χ0v) is 14.6. The number of carbonyl (C=O) groups excluding carboxylic acids is 1. The van der Waals surface area contributed by atoms with E-state index in [9.17, 15) is 9.18 Å². The van der Waals surface area contributed by atoms with Gasteiger partial charge in [0.2, 0.25) is 5.89 Å². The minimum Gasteiger partial charge on any atom is -0.411 e. The normalized spacial score (nSPS) is 10.8. The maximum Gasteiger partial charge on any atom is 0.276 e. The molecule has 2 aromatic carbocycles. The molecule has 3 rings (SSSR count). The number of ketones is 1. The molecule has 0 N–H and O–H groups in total. The second-order valence-electron chi connectivity index (χ2n) is 5.62. The Morgan fingerprint density at radius 1 is 1.16 bits per heavy atom. The fraction of sp³-hybridized carbons (Fsp3) is 0.211. The number of rotatable bonds is 7. The molecule has 0 aliphatic rings. The Labute approximate surface area is 149 Å². The smallest absolute Gasteiger partial charge is 0.276 e. The zero-order valence-electron chi connectivity index (χ0n) is 13.7. The fourth-order valence-corrected chi connectivity index (χ4v) is 3.03. The van der Waals surface area contributed by atoms with E-state index >= 15 is 0 Å². The van der Waals surface area contributed by atoms with Crippen LogP contribution in [0.4, 0.5) is 4.39 Å². The number of aryl methyl sites for hydroxylation is 1. The number of carbonyl (C=O) groups is 1. The summed E-state index contributed by atoms with van der Waals surface area (Å²) in [7, 11) is 0. The van der Waals surface area contributed by atoms with Crippen LogP contribution >= 0.6 is 11.8 Å². The lowest BCUT2D eigenvalue weighted by atomic mass is 10.1. The van der Waals surface area contributed by atoms with Gasteiger partial charge in [0.25, 0.3) is 5.22 Å². The molecule has 1 heterocycles. The van der Waals surface area contributed by atoms with Gasteiger partial charge in [-0.2, -0.15) is 0 Å². The first kappa shape index (κ1) is 17.4. The average molecular weight is 356 g/mol. The predicted octanol–water partition coefficient (Wildman–Crippen LogP) is 4.94. The molecule has 0 spiro atoms. The summed E-state index contributed by atoms with van der Waals surface area (Å²) in [6.45, 7) is 2.01. The van der Waals surface area contributed by atoms with Crippen LogP contribution in [0, 0.1) is 12.7 Å². The molecule has 0 aliphatic carbocycles. The summed E-state index contributed by atoms with van der Waals surface area (Å²) in [4.78, 5) is 12.0. The number of aromatic nitrogens is 2. The second-order valence-corrected chi connectivity index (χ2v) is 6.67. The van der Waals surface area contributed by atoms with Gasteiger partial charge in [-0.1, -0.05) is 29.5 Å². The Morgan fingerprint density at radius 3 is 2.72 bits per heavy atom. The number of thioether (sulfide) groups is 1. The molecular weight excluding hydrogens is 339 g/mol. The van der Waals surface area contributed by atoms with E-state index in [1.165, 1.54) is 36.0 Å². The first-order valence-electron chi connectivity index (χ1n) is 7.94. The third-order valence-corrected chi connectivity index (χ3v) is 4.52. The van der Waals surface area contributed by atoms with Gasteiger partial charge in [-0.05, 0) is 49.7 Å². The number of hydrogen-bond donors (Lipinski definition) is 0. The van der Waals surface area contributed by atoms with Gasteiger partial charge in [-0.25, -0.2) is 4.39 Å². The summed E-state index contributed by atoms with van der Waals surface area (Å²) in [6.07, 6.45) is 1.08. The van der Waals surface area contributed by atoms with Crippen LogP contribution in [0.3, 0.4) is 0 Å². The van der Waals surface area contributed by atoms with Gasteiger partial charge in [0.15, 0.2) is 5.78 Å². The Kier molecular flexibility index (Phi) is 5.60. The molecule has 6 heteroatoms. The molecule has 0 saturated heterocycles. The van der Waals surface area contributed by atoms with E-state index in [1.54, 1.807) is 0 Å². The number of benzene rings is 2. The van der Waals surface area contributed by atoms with Crippen LogP contribution in [0.1, 0.15) is 28.8 Å². The zero-order chi connectivity index (χ0) is 17.6. The van der Waals surface area contributed by atoms with E-state index in [1.807, 2.05) is 31.2 Å². The van der Waals surface area contributed by atoms with Gasteiger partial charge >= 0.3 is 0 Å². The highest BCUT2D eigenvalue weighted by molar-refractivity contribution is 7.99. The fourth-order valence-electron chi connectivity index (χ4n) is 2.34. The summed E-state index contributed by atoms with van der Waals surface area (Å²) in [5.41, 5.74) is 2.56. The lowest BCUT2D eigenvalue weighted by Crippen LogP contribution is -1.99. The highest BCUT2D eigenvalue weighted by Gasteiger charge is 2.10. The van der Waals surface area contributed by atoms with Crippen molar-refractivity contribution >= 4 is 17.5 Å². The lowest BCUT2D eigenvalue weighted by molar-refractivity contribution is 0.0982. The van der Waals surface area contributed by atoms with E-state index in [0.29, 0.717) is 35.3 Å². The Bertz CT molecular complexity index is 862. The van der Waals surface area contributed by atoms with Gasteiger partial charge in [0, 0.05) is 23.3 Å². The Hall–Kier alpha value is -2.47. The molecule has 0 radical (unpaired) electrons. The van der Waals surface area contributed by atoms with Crippen molar-refractivity contribution in [3.8, 4) is 11.5 Å². The SMILES string of the molecule is Cc1cccc(-c2nnc(SCCCC(=O)c3ccc(F)cc3)o2)c1. The van der Waals surface area contributed by atoms with Crippen molar-refractivity contribution in [1.29, 1.82) is 0 Å². The molecule has 0 fully saturated rings. The molecular formula is C19H17FN2O2S. The van der Waals surface area contributed by atoms with Crippen LogP contribution in [0.5, 0.6) is 0 Å². The number of halogens is 1. The monoisotopic (exact) mass is 356 g/mol. The molecule has 25 heavy (non-hydrogen) atoms. The van der Waals surface area contributed by atoms with Gasteiger partial charge < -0.3 is 4.42 Å². The van der Waals surface area contributed by atoms with Crippen molar-refractivity contribution in [3.05, 3.63) is 65.5 Å². The van der Waals surface area contributed by atoms with Crippen LogP contribution in [0.2, 0.25) is 0 Å². The third kappa shape index (κ3) is 4.76. The predicted molar refractivity (Wildman–Crippen MR) is 95.2 cm³/mol. The highest BCUT2D eigenvalue weighted by atomic mass is 32.2. The molecule has 0 atom stereocenters. The van der Waals surface area contributed by atoms with Crippen molar-refractivity contribution in [1.82, 2.24) is 10.2 Å². The van der Waals surface area contributed by atoms with Gasteiger partial charge in [-0.15, -0.1) is 10.2 Å². The van der Waals surface area contributed by atoms with Crippen LogP contribution in [0.25, 0.3) is 11.5 Å². The molecule has 4 nitrogen and oxygen atoms in total. The molecule has 3 aromatic rings. The Morgan fingerprint density at radius 2 is 1.96 bits per heavy atom. The van der Waals surface area contributed by atoms with Crippen molar-refractivity contribution in [2.45, 2.75) is 25.0 Å². The largest absolute Gasteiger partial charge is 0.411 e. The van der Waals surface area contributed by atoms with E-state index in [4.69, 9.17) is 4.42 Å². The van der Waals surface area contributed by atoms with E-state index in [2.05, 4.69) is 10.2 Å². The summed E-state index contributed by atoms with van der Waals surface area (Å²) >= 11 is 1.43. The Balaban J connectivity index is 1.48. The maximum absolute atomic E-state index is 12.9.